The number of rotatable bonds is 5. The van der Waals surface area contributed by atoms with Crippen LogP contribution in [-0.4, -0.2) is 31.8 Å². The lowest BCUT2D eigenvalue weighted by Crippen LogP contribution is -2.14. The molecule has 0 radical (unpaired) electrons. The highest BCUT2D eigenvalue weighted by molar-refractivity contribution is 7.99. The molecule has 2 heterocycles. The first-order valence-electron chi connectivity index (χ1n) is 6.17. The van der Waals surface area contributed by atoms with Crippen LogP contribution in [0.2, 0.25) is 5.02 Å². The smallest absolute Gasteiger partial charge is 0.236 e. The largest absolute Gasteiger partial charge is 0.310 e. The van der Waals surface area contributed by atoms with Gasteiger partial charge in [0, 0.05) is 12.1 Å². The Hall–Kier alpha value is -1.60. The molecular formula is C12H12ClN5OS. The minimum Gasteiger partial charge on any atom is -0.310 e. The van der Waals surface area contributed by atoms with Crippen LogP contribution in [0.4, 0.5) is 5.82 Å². The highest BCUT2D eigenvalue weighted by atomic mass is 35.5. The van der Waals surface area contributed by atoms with Gasteiger partial charge in [0.2, 0.25) is 11.1 Å². The van der Waals surface area contributed by atoms with Gasteiger partial charge >= 0.3 is 0 Å². The molecule has 0 atom stereocenters. The number of aromatic amines is 1. The summed E-state index contributed by atoms with van der Waals surface area (Å²) in [6, 6.07) is 3.33. The van der Waals surface area contributed by atoms with Crippen LogP contribution < -0.4 is 5.32 Å². The van der Waals surface area contributed by atoms with Gasteiger partial charge in [0.1, 0.15) is 11.6 Å². The lowest BCUT2D eigenvalue weighted by atomic mass is 10.4. The molecule has 1 saturated carbocycles. The van der Waals surface area contributed by atoms with Gasteiger partial charge in [-0.3, -0.25) is 9.89 Å². The van der Waals surface area contributed by atoms with Gasteiger partial charge in [0.25, 0.3) is 0 Å². The van der Waals surface area contributed by atoms with E-state index >= 15 is 0 Å². The third kappa shape index (κ3) is 3.49. The maximum atomic E-state index is 11.8. The quantitative estimate of drug-likeness (QED) is 0.829. The van der Waals surface area contributed by atoms with Crippen LogP contribution in [0.25, 0.3) is 0 Å². The summed E-state index contributed by atoms with van der Waals surface area (Å²) in [7, 11) is 0. The Kier molecular flexibility index (Phi) is 3.88. The topological polar surface area (TPSA) is 83.6 Å². The molecule has 1 aliphatic carbocycles. The van der Waals surface area contributed by atoms with Gasteiger partial charge in [-0.1, -0.05) is 23.4 Å². The van der Waals surface area contributed by atoms with Crippen molar-refractivity contribution in [1.82, 2.24) is 20.2 Å². The van der Waals surface area contributed by atoms with Gasteiger partial charge in [-0.15, -0.1) is 5.10 Å². The molecule has 1 fully saturated rings. The second-order valence-electron chi connectivity index (χ2n) is 4.48. The predicted octanol–water partition coefficient (Wildman–Crippen LogP) is 2.46. The van der Waals surface area contributed by atoms with Crippen molar-refractivity contribution in [3.63, 3.8) is 0 Å². The lowest BCUT2D eigenvalue weighted by Gasteiger charge is -2.02. The molecule has 2 aromatic heterocycles. The maximum Gasteiger partial charge on any atom is 0.236 e. The molecule has 0 spiro atoms. The van der Waals surface area contributed by atoms with Crippen LogP contribution in [0, 0.1) is 0 Å². The summed E-state index contributed by atoms with van der Waals surface area (Å²) in [4.78, 5) is 20.1. The van der Waals surface area contributed by atoms with Crippen molar-refractivity contribution in [2.24, 2.45) is 0 Å². The van der Waals surface area contributed by atoms with E-state index in [1.165, 1.54) is 30.8 Å². The molecule has 6 nitrogen and oxygen atoms in total. The first-order valence-corrected chi connectivity index (χ1v) is 7.53. The number of nitrogens with zero attached hydrogens (tertiary/aromatic N) is 3. The van der Waals surface area contributed by atoms with E-state index in [0.29, 0.717) is 21.9 Å². The molecule has 2 aromatic rings. The van der Waals surface area contributed by atoms with Crippen LogP contribution in [0.1, 0.15) is 24.6 Å². The molecule has 20 heavy (non-hydrogen) atoms. The predicted molar refractivity (Wildman–Crippen MR) is 77.0 cm³/mol. The molecular weight excluding hydrogens is 298 g/mol. The van der Waals surface area contributed by atoms with Crippen LogP contribution in [0.15, 0.2) is 23.5 Å². The average molecular weight is 310 g/mol. The van der Waals surface area contributed by atoms with Gasteiger partial charge in [-0.25, -0.2) is 9.97 Å². The Labute approximate surface area is 124 Å². The summed E-state index contributed by atoms with van der Waals surface area (Å²) < 4.78 is 0. The van der Waals surface area contributed by atoms with Crippen molar-refractivity contribution in [1.29, 1.82) is 0 Å². The third-order valence-corrected chi connectivity index (χ3v) is 3.84. The molecule has 0 aromatic carbocycles. The standard InChI is InChI=1S/C12H12ClN5OS/c13-8-3-4-9(14-5-8)15-10(19)6-20-12-16-11(17-18-12)7-1-2-7/h3-5,7H,1-2,6H2,(H,14,15,19)(H,16,17,18). The number of carbonyl (C=O) groups excluding carboxylic acids is 1. The fraction of sp³-hybridized carbons (Fsp3) is 0.333. The third-order valence-electron chi connectivity index (χ3n) is 2.77. The molecule has 8 heteroatoms. The van der Waals surface area contributed by atoms with Crippen LogP contribution in [0.5, 0.6) is 0 Å². The minimum absolute atomic E-state index is 0.150. The Morgan fingerprint density at radius 1 is 1.50 bits per heavy atom. The van der Waals surface area contributed by atoms with E-state index < -0.39 is 0 Å². The van der Waals surface area contributed by atoms with E-state index in [2.05, 4.69) is 25.5 Å². The lowest BCUT2D eigenvalue weighted by molar-refractivity contribution is -0.113. The Morgan fingerprint density at radius 3 is 3.05 bits per heavy atom. The Balaban J connectivity index is 1.49. The molecule has 0 unspecified atom stereocenters. The zero-order valence-corrected chi connectivity index (χ0v) is 12.0. The van der Waals surface area contributed by atoms with E-state index in [4.69, 9.17) is 11.6 Å². The highest BCUT2D eigenvalue weighted by Crippen LogP contribution is 2.38. The first-order chi connectivity index (χ1) is 9.70. The Morgan fingerprint density at radius 2 is 2.35 bits per heavy atom. The van der Waals surface area contributed by atoms with Crippen molar-refractivity contribution < 1.29 is 4.79 Å². The summed E-state index contributed by atoms with van der Waals surface area (Å²) in [6.07, 6.45) is 3.82. The zero-order chi connectivity index (χ0) is 13.9. The molecule has 1 aliphatic rings. The second-order valence-corrected chi connectivity index (χ2v) is 5.85. The van der Waals surface area contributed by atoms with Crippen LogP contribution in [0.3, 0.4) is 0 Å². The normalized spacial score (nSPS) is 14.2. The molecule has 0 saturated heterocycles. The van der Waals surface area contributed by atoms with Gasteiger partial charge in [0.15, 0.2) is 0 Å². The van der Waals surface area contributed by atoms with Crippen molar-refractivity contribution in [2.45, 2.75) is 23.9 Å². The van der Waals surface area contributed by atoms with Gasteiger partial charge < -0.3 is 5.32 Å². The molecule has 0 bridgehead atoms. The number of carbonyl (C=O) groups is 1. The van der Waals surface area contributed by atoms with Gasteiger partial charge in [-0.2, -0.15) is 0 Å². The fourth-order valence-corrected chi connectivity index (χ4v) is 2.34. The van der Waals surface area contributed by atoms with Crippen molar-refractivity contribution in [3.8, 4) is 0 Å². The number of H-pyrrole nitrogens is 1. The van der Waals surface area contributed by atoms with Crippen molar-refractivity contribution in [3.05, 3.63) is 29.2 Å². The van der Waals surface area contributed by atoms with Crippen LogP contribution >= 0.6 is 23.4 Å². The summed E-state index contributed by atoms with van der Waals surface area (Å²) in [5.74, 6) is 2.03. The number of amides is 1. The van der Waals surface area contributed by atoms with E-state index in [-0.39, 0.29) is 11.7 Å². The molecule has 104 valence electrons. The van der Waals surface area contributed by atoms with E-state index in [1.54, 1.807) is 12.1 Å². The molecule has 3 rings (SSSR count). The number of thioether (sulfide) groups is 1. The molecule has 1 amide bonds. The number of aromatic nitrogens is 4. The average Bonchev–Trinajstić information content (AvgIpc) is 3.18. The summed E-state index contributed by atoms with van der Waals surface area (Å²) in [5, 5.41) is 10.8. The van der Waals surface area contributed by atoms with Gasteiger partial charge in [-0.05, 0) is 25.0 Å². The van der Waals surface area contributed by atoms with Crippen molar-refractivity contribution in [2.75, 3.05) is 11.1 Å². The van der Waals surface area contributed by atoms with E-state index in [9.17, 15) is 4.79 Å². The van der Waals surface area contributed by atoms with Gasteiger partial charge in [0.05, 0.1) is 10.8 Å². The van der Waals surface area contributed by atoms with Crippen LogP contribution in [-0.2, 0) is 4.79 Å². The zero-order valence-electron chi connectivity index (χ0n) is 10.5. The molecule has 2 N–H and O–H groups in total. The first kappa shape index (κ1) is 13.4. The Bertz CT molecular complexity index is 611. The number of hydrogen-bond donors (Lipinski definition) is 2. The fourth-order valence-electron chi connectivity index (χ4n) is 1.62. The number of halogens is 1. The monoisotopic (exact) mass is 309 g/mol. The summed E-state index contributed by atoms with van der Waals surface area (Å²) >= 11 is 7.02. The minimum atomic E-state index is -0.150. The summed E-state index contributed by atoms with van der Waals surface area (Å²) in [5.41, 5.74) is 0. The number of anilines is 1. The summed E-state index contributed by atoms with van der Waals surface area (Å²) in [6.45, 7) is 0. The van der Waals surface area contributed by atoms with E-state index in [0.717, 1.165) is 5.82 Å². The SMILES string of the molecule is O=C(CSc1n[nH]c(C2CC2)n1)Nc1ccc(Cl)cn1. The number of pyridine rings is 1. The van der Waals surface area contributed by atoms with E-state index in [1.807, 2.05) is 0 Å². The second kappa shape index (κ2) is 5.80. The number of nitrogens with one attached hydrogen (secondary N) is 2. The maximum absolute atomic E-state index is 11.8. The number of hydrogen-bond acceptors (Lipinski definition) is 5. The highest BCUT2D eigenvalue weighted by Gasteiger charge is 2.27. The molecule has 0 aliphatic heterocycles. The van der Waals surface area contributed by atoms with Crippen molar-refractivity contribution >= 4 is 35.1 Å².